The van der Waals surface area contributed by atoms with Crippen LogP contribution in [0.1, 0.15) is 63.7 Å². The molecule has 2 fully saturated rings. The van der Waals surface area contributed by atoms with Gasteiger partial charge in [-0.25, -0.2) is 4.79 Å². The second kappa shape index (κ2) is 11.0. The quantitative estimate of drug-likeness (QED) is 0.432. The predicted octanol–water partition coefficient (Wildman–Crippen LogP) is 5.98. The van der Waals surface area contributed by atoms with E-state index in [1.54, 1.807) is 11.9 Å². The van der Waals surface area contributed by atoms with Gasteiger partial charge in [-0.05, 0) is 88.6 Å². The number of amides is 2. The molecule has 2 amide bonds. The second-order valence-corrected chi connectivity index (χ2v) is 11.4. The number of nitrogens with zero attached hydrogens (tertiary/aromatic N) is 3. The minimum atomic E-state index is -0.475. The summed E-state index contributed by atoms with van der Waals surface area (Å²) in [5, 5.41) is 0. The minimum Gasteiger partial charge on any atom is -0.494 e. The van der Waals surface area contributed by atoms with Crippen molar-refractivity contribution >= 4 is 23.4 Å². The van der Waals surface area contributed by atoms with Gasteiger partial charge in [0.25, 0.3) is 5.91 Å². The molecule has 0 radical (unpaired) electrons. The van der Waals surface area contributed by atoms with Crippen molar-refractivity contribution in [3.63, 3.8) is 0 Å². The molecule has 2 aromatic carbocycles. The highest BCUT2D eigenvalue weighted by atomic mass is 16.6. The van der Waals surface area contributed by atoms with Crippen LogP contribution in [0.4, 0.5) is 16.2 Å². The monoisotopic (exact) mass is 507 g/mol. The zero-order valence-electron chi connectivity index (χ0n) is 23.0. The number of rotatable bonds is 7. The van der Waals surface area contributed by atoms with Crippen LogP contribution in [0.5, 0.6) is 5.75 Å². The number of benzene rings is 2. The minimum absolute atomic E-state index is 0.0545. The molecule has 0 aromatic heterocycles. The van der Waals surface area contributed by atoms with Crippen LogP contribution in [0.15, 0.2) is 48.5 Å². The second-order valence-electron chi connectivity index (χ2n) is 11.4. The first kappa shape index (κ1) is 26.8. The number of hydrogen-bond acceptors (Lipinski definition) is 5. The van der Waals surface area contributed by atoms with Gasteiger partial charge in [-0.2, -0.15) is 0 Å². The molecule has 7 nitrogen and oxygen atoms in total. The maximum absolute atomic E-state index is 13.0. The lowest BCUT2D eigenvalue weighted by Gasteiger charge is -2.27. The van der Waals surface area contributed by atoms with Crippen LogP contribution in [-0.2, 0) is 4.74 Å². The van der Waals surface area contributed by atoms with Crippen molar-refractivity contribution in [1.29, 1.82) is 0 Å². The van der Waals surface area contributed by atoms with Crippen LogP contribution >= 0.6 is 0 Å². The van der Waals surface area contributed by atoms with Crippen molar-refractivity contribution in [3.05, 3.63) is 54.1 Å². The topological polar surface area (TPSA) is 62.3 Å². The summed E-state index contributed by atoms with van der Waals surface area (Å²) in [4.78, 5) is 31.5. The van der Waals surface area contributed by atoms with E-state index >= 15 is 0 Å². The molecule has 2 aliphatic rings. The zero-order chi connectivity index (χ0) is 26.6. The van der Waals surface area contributed by atoms with E-state index in [0.29, 0.717) is 12.2 Å². The molecule has 4 rings (SSSR count). The average Bonchev–Trinajstić information content (AvgIpc) is 3.50. The van der Waals surface area contributed by atoms with Gasteiger partial charge < -0.3 is 24.2 Å². The fourth-order valence-corrected chi connectivity index (χ4v) is 5.13. The highest BCUT2D eigenvalue weighted by Crippen LogP contribution is 2.41. The summed E-state index contributed by atoms with van der Waals surface area (Å²) in [5.41, 5.74) is 2.27. The number of carbonyl (C=O) groups is 2. The van der Waals surface area contributed by atoms with E-state index in [1.807, 2.05) is 62.1 Å². The van der Waals surface area contributed by atoms with Crippen LogP contribution in [0.2, 0.25) is 0 Å². The van der Waals surface area contributed by atoms with E-state index in [0.717, 1.165) is 69.0 Å². The molecular weight excluding hydrogens is 466 g/mol. The fourth-order valence-electron chi connectivity index (χ4n) is 5.13. The normalized spacial score (nSPS) is 19.4. The maximum atomic E-state index is 13.0. The van der Waals surface area contributed by atoms with Crippen LogP contribution < -0.4 is 14.5 Å². The van der Waals surface area contributed by atoms with Crippen molar-refractivity contribution in [3.8, 4) is 5.75 Å². The summed E-state index contributed by atoms with van der Waals surface area (Å²) >= 11 is 0. The molecule has 2 heterocycles. The molecular formula is C30H41N3O4. The lowest BCUT2D eigenvalue weighted by atomic mass is 9.86. The van der Waals surface area contributed by atoms with Gasteiger partial charge in [0, 0.05) is 55.6 Å². The molecule has 37 heavy (non-hydrogen) atoms. The summed E-state index contributed by atoms with van der Waals surface area (Å²) in [5.74, 6) is 0.734. The van der Waals surface area contributed by atoms with Crippen LogP contribution in [0, 0.1) is 5.41 Å². The Balaban J connectivity index is 1.33. The summed E-state index contributed by atoms with van der Waals surface area (Å²) in [6, 6.07) is 15.5. The maximum Gasteiger partial charge on any atom is 0.410 e. The SMILES string of the molecule is CCCCOc1ccc(C(=O)N(C)c2ccc(N3CCC4(CCN(C(=O)OC(C)(C)C)C4)C3)cc2)cc1. The third-order valence-corrected chi connectivity index (χ3v) is 7.30. The van der Waals surface area contributed by atoms with E-state index in [9.17, 15) is 9.59 Å². The Morgan fingerprint density at radius 1 is 0.973 bits per heavy atom. The average molecular weight is 508 g/mol. The number of unbranched alkanes of at least 4 members (excludes halogenated alkanes) is 1. The molecule has 0 bridgehead atoms. The van der Waals surface area contributed by atoms with Gasteiger partial charge in [0.15, 0.2) is 0 Å². The van der Waals surface area contributed by atoms with Crippen molar-refractivity contribution in [1.82, 2.24) is 4.90 Å². The number of likely N-dealkylation sites (tertiary alicyclic amines) is 1. The number of hydrogen-bond donors (Lipinski definition) is 0. The van der Waals surface area contributed by atoms with E-state index in [-0.39, 0.29) is 17.4 Å². The summed E-state index contributed by atoms with van der Waals surface area (Å²) in [7, 11) is 1.80. The molecule has 2 saturated heterocycles. The number of anilines is 2. The summed E-state index contributed by atoms with van der Waals surface area (Å²) in [6.07, 6.45) is 3.96. The standard InChI is InChI=1S/C30H41N3O4/c1-6-7-20-36-26-14-8-23(9-15-26)27(34)31(5)24-10-12-25(13-11-24)32-18-16-30(21-32)17-19-33(22-30)28(35)37-29(2,3)4/h8-15H,6-7,16-22H2,1-5H3. The first-order chi connectivity index (χ1) is 17.6. The Kier molecular flexibility index (Phi) is 8.00. The van der Waals surface area contributed by atoms with Gasteiger partial charge >= 0.3 is 6.09 Å². The molecule has 1 unspecified atom stereocenters. The van der Waals surface area contributed by atoms with Crippen LogP contribution in [-0.4, -0.2) is 62.3 Å². The van der Waals surface area contributed by atoms with Crippen molar-refractivity contribution in [2.45, 2.75) is 59.0 Å². The largest absolute Gasteiger partial charge is 0.494 e. The predicted molar refractivity (Wildman–Crippen MR) is 148 cm³/mol. The lowest BCUT2D eigenvalue weighted by Crippen LogP contribution is -2.37. The van der Waals surface area contributed by atoms with Gasteiger partial charge in [-0.15, -0.1) is 0 Å². The number of ether oxygens (including phenoxy) is 2. The van der Waals surface area contributed by atoms with Crippen molar-refractivity contribution in [2.24, 2.45) is 5.41 Å². The smallest absolute Gasteiger partial charge is 0.410 e. The van der Waals surface area contributed by atoms with Gasteiger partial charge in [0.1, 0.15) is 11.4 Å². The van der Waals surface area contributed by atoms with E-state index in [2.05, 4.69) is 24.0 Å². The number of carbonyl (C=O) groups excluding carboxylic acids is 2. The zero-order valence-corrected chi connectivity index (χ0v) is 23.0. The molecule has 7 heteroatoms. The summed E-state index contributed by atoms with van der Waals surface area (Å²) in [6.45, 7) is 11.9. The first-order valence-electron chi connectivity index (χ1n) is 13.4. The van der Waals surface area contributed by atoms with Crippen molar-refractivity contribution in [2.75, 3.05) is 49.6 Å². The molecule has 2 aliphatic heterocycles. The van der Waals surface area contributed by atoms with Crippen molar-refractivity contribution < 1.29 is 19.1 Å². The molecule has 0 N–H and O–H groups in total. The molecule has 200 valence electrons. The Hall–Kier alpha value is -3.22. The van der Waals surface area contributed by atoms with E-state index in [1.165, 1.54) is 0 Å². The fraction of sp³-hybridized carbons (Fsp3) is 0.533. The Morgan fingerprint density at radius 2 is 1.65 bits per heavy atom. The molecule has 1 atom stereocenters. The molecule has 0 saturated carbocycles. The van der Waals surface area contributed by atoms with Gasteiger partial charge in [0.05, 0.1) is 6.61 Å². The van der Waals surface area contributed by atoms with Crippen LogP contribution in [0.3, 0.4) is 0 Å². The third-order valence-electron chi connectivity index (χ3n) is 7.30. The van der Waals surface area contributed by atoms with Gasteiger partial charge in [-0.3, -0.25) is 4.79 Å². The molecule has 1 spiro atoms. The Labute approximate surface area is 221 Å². The Bertz CT molecular complexity index is 1080. The van der Waals surface area contributed by atoms with Gasteiger partial charge in [-0.1, -0.05) is 13.3 Å². The molecule has 0 aliphatic carbocycles. The highest BCUT2D eigenvalue weighted by Gasteiger charge is 2.45. The highest BCUT2D eigenvalue weighted by molar-refractivity contribution is 6.05. The lowest BCUT2D eigenvalue weighted by molar-refractivity contribution is 0.0276. The van der Waals surface area contributed by atoms with E-state index < -0.39 is 5.60 Å². The van der Waals surface area contributed by atoms with Crippen LogP contribution in [0.25, 0.3) is 0 Å². The molecule has 2 aromatic rings. The Morgan fingerprint density at radius 3 is 2.30 bits per heavy atom. The summed E-state index contributed by atoms with van der Waals surface area (Å²) < 4.78 is 11.3. The third kappa shape index (κ3) is 6.56. The van der Waals surface area contributed by atoms with E-state index in [4.69, 9.17) is 9.47 Å². The first-order valence-corrected chi connectivity index (χ1v) is 13.4. The van der Waals surface area contributed by atoms with Gasteiger partial charge in [0.2, 0.25) is 0 Å².